The molecule has 0 saturated carbocycles. The molecule has 0 saturated heterocycles. The Kier molecular flexibility index (Phi) is 23.3. The van der Waals surface area contributed by atoms with Crippen LogP contribution in [0.25, 0.3) is 57.2 Å². The third kappa shape index (κ3) is 17.7. The van der Waals surface area contributed by atoms with Crippen LogP contribution in [0.2, 0.25) is 0 Å². The largest absolute Gasteiger partial charge is 1.00 e. The van der Waals surface area contributed by atoms with Crippen LogP contribution in [0.4, 0.5) is 0 Å². The Balaban J connectivity index is 0.000000197. The van der Waals surface area contributed by atoms with Gasteiger partial charge >= 0.3 is 50.9 Å². The molecular formula is C50H36N12O8Ru2. The molecule has 0 amide bonds. The molecule has 10 rings (SSSR count). The first kappa shape index (κ1) is 55.3. The van der Waals surface area contributed by atoms with E-state index in [1.807, 2.05) is 72.8 Å². The van der Waals surface area contributed by atoms with E-state index in [2.05, 4.69) is 69.3 Å². The maximum atomic E-state index is 10.8. The van der Waals surface area contributed by atoms with Crippen molar-refractivity contribution in [3.8, 4) is 68.7 Å². The van der Waals surface area contributed by atoms with E-state index in [4.69, 9.17) is 10.2 Å². The monoisotopic (exact) mass is 1140 g/mol. The molecular weight excluding hydrogens is 1100 g/mol. The quantitative estimate of drug-likeness (QED) is 0.0965. The maximum Gasteiger partial charge on any atom is 1.00 e. The number of hydrogen-bond donors (Lipinski definition) is 2. The Morgan fingerprint density at radius 1 is 0.375 bits per heavy atom. The van der Waals surface area contributed by atoms with Gasteiger partial charge in [0, 0.05) is 61.7 Å². The van der Waals surface area contributed by atoms with Gasteiger partial charge < -0.3 is 39.6 Å². The van der Waals surface area contributed by atoms with Crippen molar-refractivity contribution in [2.75, 3.05) is 0 Å². The van der Waals surface area contributed by atoms with E-state index >= 15 is 0 Å². The standard InChI is InChI=1S/2C12H8N2O4.2C10H8N2.C6H4N4.2Ru/c2*15-7-18-9-2-4-14-11(6-9)10-5-8(12(16)17)1-3-13-10;2*1-3-7-11-9(5-1)10-6-2-4-8-12-10;1-2-8-5(7-1)6-9-3-4-10-6;;/h2*1-7H,(H,16,17);2*1-8H;1-4H;;/q;;;;-2;2*+1. The van der Waals surface area contributed by atoms with Crippen molar-refractivity contribution in [2.24, 2.45) is 0 Å². The zero-order chi connectivity index (χ0) is 49.2. The molecule has 0 bridgehead atoms. The Morgan fingerprint density at radius 2 is 0.681 bits per heavy atom. The molecule has 0 unspecified atom stereocenters. The number of carbonyl (C=O) groups is 4. The first-order chi connectivity index (χ1) is 34.3. The van der Waals surface area contributed by atoms with Crippen LogP contribution < -0.4 is 19.4 Å². The van der Waals surface area contributed by atoms with Gasteiger partial charge in [-0.1, -0.05) is 60.7 Å². The van der Waals surface area contributed by atoms with Gasteiger partial charge in [0.2, 0.25) is 0 Å². The molecule has 0 spiro atoms. The number of rotatable bonds is 11. The van der Waals surface area contributed by atoms with Gasteiger partial charge in [-0.2, -0.15) is 0 Å². The number of nitrogens with zero attached hydrogens (tertiary/aromatic N) is 12. The average Bonchev–Trinajstić information content (AvgIpc) is 4.18. The molecule has 10 aromatic heterocycles. The second-order valence-electron chi connectivity index (χ2n) is 13.3. The first-order valence-corrected chi connectivity index (χ1v) is 20.4. The predicted molar refractivity (Wildman–Crippen MR) is 251 cm³/mol. The van der Waals surface area contributed by atoms with E-state index in [9.17, 15) is 19.2 Å². The van der Waals surface area contributed by atoms with Gasteiger partial charge in [0.15, 0.2) is 0 Å². The summed E-state index contributed by atoms with van der Waals surface area (Å²) in [5.74, 6) is -0.275. The Morgan fingerprint density at radius 3 is 0.944 bits per heavy atom. The van der Waals surface area contributed by atoms with Gasteiger partial charge in [-0.15, -0.1) is 0 Å². The molecule has 2 N–H and O–H groups in total. The molecule has 0 aromatic carbocycles. The van der Waals surface area contributed by atoms with Gasteiger partial charge in [-0.3, -0.25) is 49.5 Å². The number of imidazole rings is 2. The van der Waals surface area contributed by atoms with E-state index in [1.54, 1.807) is 49.6 Å². The maximum absolute atomic E-state index is 10.8. The number of pyridine rings is 8. The summed E-state index contributed by atoms with van der Waals surface area (Å²) in [6, 6.07) is 34.8. The number of carboxylic acid groups (broad SMARTS) is 2. The molecule has 0 fully saturated rings. The average molecular weight is 1140 g/mol. The smallest absolute Gasteiger partial charge is 0.478 e. The minimum Gasteiger partial charge on any atom is -0.478 e. The summed E-state index contributed by atoms with van der Waals surface area (Å²) >= 11 is 0. The molecule has 22 heteroatoms. The van der Waals surface area contributed by atoms with Gasteiger partial charge in [0.1, 0.15) is 11.5 Å². The number of aromatic nitrogens is 12. The van der Waals surface area contributed by atoms with Crippen LogP contribution in [-0.4, -0.2) is 84.9 Å². The number of hydrogen-bond acceptors (Lipinski definition) is 16. The molecule has 0 aliphatic carbocycles. The fourth-order valence-electron chi connectivity index (χ4n) is 5.54. The van der Waals surface area contributed by atoms with Crippen LogP contribution in [0.5, 0.6) is 11.5 Å². The summed E-state index contributed by atoms with van der Waals surface area (Å²) in [6.45, 7) is 0.612. The van der Waals surface area contributed by atoms with E-state index in [0.717, 1.165) is 22.8 Å². The third-order valence-corrected chi connectivity index (χ3v) is 8.67. The zero-order valence-corrected chi connectivity index (χ0v) is 40.5. The molecule has 360 valence electrons. The number of carboxylic acids is 2. The van der Waals surface area contributed by atoms with Crippen LogP contribution in [0, 0.1) is 0 Å². The number of ether oxygens (including phenoxy) is 2. The minimum absolute atomic E-state index is 0. The normalized spacial score (nSPS) is 9.50. The first-order valence-electron chi connectivity index (χ1n) is 20.4. The zero-order valence-electron chi connectivity index (χ0n) is 37.0. The van der Waals surface area contributed by atoms with E-state index in [1.165, 1.54) is 73.3 Å². The van der Waals surface area contributed by atoms with Gasteiger partial charge in [0.25, 0.3) is 12.9 Å². The van der Waals surface area contributed by atoms with Crippen molar-refractivity contribution < 1.29 is 77.8 Å². The molecule has 10 aromatic rings. The Hall–Kier alpha value is -9.25. The molecule has 2 radical (unpaired) electrons. The van der Waals surface area contributed by atoms with Crippen molar-refractivity contribution in [3.05, 3.63) is 207 Å². The molecule has 10 heterocycles. The molecule has 0 aliphatic rings. The van der Waals surface area contributed by atoms with E-state index < -0.39 is 11.9 Å². The van der Waals surface area contributed by atoms with Crippen LogP contribution in [0.1, 0.15) is 20.7 Å². The van der Waals surface area contributed by atoms with E-state index in [0.29, 0.717) is 58.9 Å². The molecule has 20 nitrogen and oxygen atoms in total. The van der Waals surface area contributed by atoms with Crippen molar-refractivity contribution in [1.29, 1.82) is 0 Å². The molecule has 0 atom stereocenters. The number of carbonyl (C=O) groups excluding carboxylic acids is 2. The number of aromatic carboxylic acids is 2. The summed E-state index contributed by atoms with van der Waals surface area (Å²) in [6.07, 6.45) is 19.2. The Bertz CT molecular complexity index is 2880. The summed E-state index contributed by atoms with van der Waals surface area (Å²) in [4.78, 5) is 90.7. The van der Waals surface area contributed by atoms with Crippen molar-refractivity contribution in [3.63, 3.8) is 0 Å². The molecule has 0 aliphatic heterocycles. The van der Waals surface area contributed by atoms with Crippen LogP contribution >= 0.6 is 0 Å². The summed E-state index contributed by atoms with van der Waals surface area (Å²) in [5, 5.41) is 17.8. The fraction of sp³-hybridized carbons (Fsp3) is 0. The fourth-order valence-corrected chi connectivity index (χ4v) is 5.54. The van der Waals surface area contributed by atoms with E-state index in [-0.39, 0.29) is 50.1 Å². The second kappa shape index (κ2) is 30.3. The second-order valence-corrected chi connectivity index (χ2v) is 13.3. The van der Waals surface area contributed by atoms with Gasteiger partial charge in [-0.05, 0) is 84.9 Å². The minimum atomic E-state index is -1.04. The predicted octanol–water partition coefficient (Wildman–Crippen LogP) is 7.09. The van der Waals surface area contributed by atoms with Crippen LogP contribution in [0.15, 0.2) is 196 Å². The van der Waals surface area contributed by atoms with Crippen LogP contribution in [-0.2, 0) is 48.5 Å². The van der Waals surface area contributed by atoms with Crippen molar-refractivity contribution in [1.82, 2.24) is 59.8 Å². The summed E-state index contributed by atoms with van der Waals surface area (Å²) < 4.78 is 9.36. The topological polar surface area (TPSA) is 284 Å². The Labute approximate surface area is 435 Å². The van der Waals surface area contributed by atoms with Crippen molar-refractivity contribution >= 4 is 24.9 Å². The van der Waals surface area contributed by atoms with Crippen LogP contribution in [0.3, 0.4) is 0 Å². The SMILES string of the molecule is O=COc1ccnc(-c2cc(C(=O)O)ccn2)c1.O=COc1ccnc(-c2cc(C(=O)O)ccn2)c1.[Ru+].[Ru+].c1c[n-]c(-c2ncc[n-]2)n1.c1ccc(-c2ccccn2)nc1.c1ccc(-c2ccccn2)nc1. The third-order valence-electron chi connectivity index (χ3n) is 8.67. The van der Waals surface area contributed by atoms with Gasteiger partial charge in [-0.25, -0.2) is 9.59 Å². The summed E-state index contributed by atoms with van der Waals surface area (Å²) in [7, 11) is 0. The molecule has 72 heavy (non-hydrogen) atoms. The summed E-state index contributed by atoms with van der Waals surface area (Å²) in [5.41, 5.74) is 5.53. The van der Waals surface area contributed by atoms with Gasteiger partial charge in [0.05, 0.1) is 56.7 Å². The van der Waals surface area contributed by atoms with Crippen molar-refractivity contribution in [2.45, 2.75) is 0 Å².